The number of rotatable bonds is 5. The summed E-state index contributed by atoms with van der Waals surface area (Å²) in [5, 5.41) is 1.15. The van der Waals surface area contributed by atoms with E-state index in [2.05, 4.69) is 9.88 Å². The molecule has 0 amide bonds. The predicted molar refractivity (Wildman–Crippen MR) is 95.1 cm³/mol. The molecule has 0 aliphatic carbocycles. The Kier molecular flexibility index (Phi) is 5.13. The second kappa shape index (κ2) is 7.33. The van der Waals surface area contributed by atoms with Crippen LogP contribution in [-0.4, -0.2) is 23.5 Å². The fraction of sp³-hybridized carbons (Fsp3) is 0.200. The van der Waals surface area contributed by atoms with Gasteiger partial charge in [-0.3, -0.25) is 4.90 Å². The number of H-pyrrole nitrogens is 1. The Morgan fingerprint density at radius 1 is 1.12 bits per heavy atom. The van der Waals surface area contributed by atoms with E-state index in [9.17, 15) is 17.6 Å². The minimum atomic E-state index is -4.68. The minimum absolute atomic E-state index is 0.398. The first kappa shape index (κ1) is 18.2. The molecule has 2 nitrogen and oxygen atoms in total. The second-order valence-electron chi connectivity index (χ2n) is 6.20. The lowest BCUT2D eigenvalue weighted by Crippen LogP contribution is -2.17. The zero-order valence-corrected chi connectivity index (χ0v) is 14.1. The lowest BCUT2D eigenvalue weighted by molar-refractivity contribution is -0.140. The molecule has 136 valence electrons. The number of hydrogen-bond donors (Lipinski definition) is 1. The lowest BCUT2D eigenvalue weighted by Gasteiger charge is -2.15. The zero-order chi connectivity index (χ0) is 18.7. The normalized spacial score (nSPS) is 12.5. The van der Waals surface area contributed by atoms with Gasteiger partial charge >= 0.3 is 6.18 Å². The van der Waals surface area contributed by atoms with Crippen molar-refractivity contribution in [1.29, 1.82) is 0 Å². The van der Waals surface area contributed by atoms with Gasteiger partial charge in [-0.1, -0.05) is 36.4 Å². The van der Waals surface area contributed by atoms with Crippen LogP contribution >= 0.6 is 0 Å². The van der Waals surface area contributed by atoms with Gasteiger partial charge in [0.15, 0.2) is 0 Å². The van der Waals surface area contributed by atoms with Gasteiger partial charge in [-0.05, 0) is 41.8 Å². The number of benzene rings is 2. The Labute approximate surface area is 148 Å². The van der Waals surface area contributed by atoms with Crippen LogP contribution in [0.5, 0.6) is 0 Å². The van der Waals surface area contributed by atoms with Crippen LogP contribution < -0.4 is 0 Å². The molecular formula is C20H18F4N2. The summed E-state index contributed by atoms with van der Waals surface area (Å²) in [6, 6.07) is 11.0. The molecule has 0 unspecified atom stereocenters. The Morgan fingerprint density at radius 2 is 1.92 bits per heavy atom. The summed E-state index contributed by atoms with van der Waals surface area (Å²) in [4.78, 5) is 5.28. The molecule has 0 radical (unpaired) electrons. The number of fused-ring (bicyclic) bond motifs is 1. The van der Waals surface area contributed by atoms with E-state index in [4.69, 9.17) is 0 Å². The Hall–Kier alpha value is -2.60. The maximum Gasteiger partial charge on any atom is 0.419 e. The van der Waals surface area contributed by atoms with Gasteiger partial charge in [0.05, 0.1) is 5.56 Å². The smallest absolute Gasteiger partial charge is 0.361 e. The van der Waals surface area contributed by atoms with Gasteiger partial charge in [0, 0.05) is 24.8 Å². The quantitative estimate of drug-likeness (QED) is 0.596. The van der Waals surface area contributed by atoms with Crippen molar-refractivity contribution in [3.63, 3.8) is 0 Å². The van der Waals surface area contributed by atoms with Crippen LogP contribution in [-0.2, 0) is 12.7 Å². The predicted octanol–water partition coefficient (Wildman–Crippen LogP) is 5.47. The number of alkyl halides is 3. The highest BCUT2D eigenvalue weighted by molar-refractivity contribution is 5.82. The third-order valence-electron chi connectivity index (χ3n) is 4.14. The Morgan fingerprint density at radius 3 is 2.65 bits per heavy atom. The molecule has 1 heterocycles. The van der Waals surface area contributed by atoms with Crippen LogP contribution in [0.4, 0.5) is 17.6 Å². The van der Waals surface area contributed by atoms with Crippen LogP contribution in [0.3, 0.4) is 0 Å². The van der Waals surface area contributed by atoms with Crippen LogP contribution in [0, 0.1) is 5.82 Å². The summed E-state index contributed by atoms with van der Waals surface area (Å²) < 4.78 is 51.3. The summed E-state index contributed by atoms with van der Waals surface area (Å²) >= 11 is 0. The summed E-state index contributed by atoms with van der Waals surface area (Å²) in [7, 11) is 1.94. The average molecular weight is 362 g/mol. The molecule has 3 rings (SSSR count). The highest BCUT2D eigenvalue weighted by Gasteiger charge is 2.33. The van der Waals surface area contributed by atoms with Gasteiger partial charge in [-0.2, -0.15) is 13.2 Å². The molecule has 0 spiro atoms. The maximum atomic E-state index is 13.6. The lowest BCUT2D eigenvalue weighted by atomic mass is 10.1. The molecule has 0 aliphatic heterocycles. The van der Waals surface area contributed by atoms with E-state index < -0.39 is 17.6 Å². The summed E-state index contributed by atoms with van der Waals surface area (Å²) in [6.45, 7) is 1.29. The summed E-state index contributed by atoms with van der Waals surface area (Å²) in [6.07, 6.45) is 0.643. The molecule has 2 aromatic carbocycles. The summed E-state index contributed by atoms with van der Waals surface area (Å²) in [5.41, 5.74) is 1.40. The topological polar surface area (TPSA) is 19.0 Å². The second-order valence-corrected chi connectivity index (χ2v) is 6.20. The summed E-state index contributed by atoms with van der Waals surface area (Å²) in [5.74, 6) is -1.26. The molecule has 26 heavy (non-hydrogen) atoms. The van der Waals surface area contributed by atoms with E-state index in [1.54, 1.807) is 12.2 Å². The number of aromatic nitrogens is 1. The highest BCUT2D eigenvalue weighted by Crippen LogP contribution is 2.31. The maximum absolute atomic E-state index is 13.6. The molecule has 0 saturated carbocycles. The molecule has 0 fully saturated rings. The molecule has 0 saturated heterocycles. The molecule has 0 atom stereocenters. The van der Waals surface area contributed by atoms with Crippen molar-refractivity contribution in [3.8, 4) is 0 Å². The van der Waals surface area contributed by atoms with Crippen molar-refractivity contribution in [2.45, 2.75) is 12.7 Å². The molecule has 0 aliphatic rings. The van der Waals surface area contributed by atoms with Crippen molar-refractivity contribution in [2.75, 3.05) is 13.6 Å². The first-order valence-corrected chi connectivity index (χ1v) is 8.11. The molecule has 1 aromatic heterocycles. The van der Waals surface area contributed by atoms with Gasteiger partial charge in [0.25, 0.3) is 0 Å². The monoisotopic (exact) mass is 362 g/mol. The molecule has 1 N–H and O–H groups in total. The minimum Gasteiger partial charge on any atom is -0.361 e. The van der Waals surface area contributed by atoms with Gasteiger partial charge < -0.3 is 4.98 Å². The van der Waals surface area contributed by atoms with Crippen molar-refractivity contribution < 1.29 is 17.6 Å². The number of nitrogens with zero attached hydrogens (tertiary/aromatic N) is 1. The van der Waals surface area contributed by atoms with Gasteiger partial charge in [-0.15, -0.1) is 0 Å². The van der Waals surface area contributed by atoms with Gasteiger partial charge in [-0.25, -0.2) is 4.39 Å². The van der Waals surface area contributed by atoms with E-state index in [0.717, 1.165) is 28.6 Å². The van der Waals surface area contributed by atoms with Crippen LogP contribution in [0.1, 0.15) is 16.7 Å². The molecule has 3 aromatic rings. The largest absolute Gasteiger partial charge is 0.419 e. The Bertz CT molecular complexity index is 925. The number of aromatic amines is 1. The van der Waals surface area contributed by atoms with E-state index in [0.29, 0.717) is 18.7 Å². The third-order valence-corrected chi connectivity index (χ3v) is 4.14. The third kappa shape index (κ3) is 4.14. The van der Waals surface area contributed by atoms with Crippen molar-refractivity contribution in [3.05, 3.63) is 77.2 Å². The van der Waals surface area contributed by atoms with Crippen molar-refractivity contribution in [1.82, 2.24) is 9.88 Å². The van der Waals surface area contributed by atoms with Crippen LogP contribution in [0.2, 0.25) is 0 Å². The van der Waals surface area contributed by atoms with E-state index in [1.807, 2.05) is 37.5 Å². The number of para-hydroxylation sites is 1. The molecular weight excluding hydrogens is 344 g/mol. The Balaban J connectivity index is 1.63. The number of halogens is 4. The van der Waals surface area contributed by atoms with E-state index in [1.165, 1.54) is 6.07 Å². The van der Waals surface area contributed by atoms with Crippen molar-refractivity contribution in [2.24, 2.45) is 0 Å². The van der Waals surface area contributed by atoms with Gasteiger partial charge in [0.2, 0.25) is 0 Å². The van der Waals surface area contributed by atoms with Crippen molar-refractivity contribution >= 4 is 17.0 Å². The fourth-order valence-corrected chi connectivity index (χ4v) is 2.87. The standard InChI is InChI=1S/C20H18F4N2/c1-26(13-16-6-2-5-15-9-10-25-19(15)16)11-3-4-14-7-8-17(18(21)12-14)20(22,23)24/h2-10,12,25H,11,13H2,1H3/b4-3+. The first-order valence-electron chi connectivity index (χ1n) is 8.11. The SMILES string of the molecule is CN(C/C=C/c1ccc(C(F)(F)F)c(F)c1)Cc1cccc2cc[nH]c12. The van der Waals surface area contributed by atoms with Gasteiger partial charge in [0.1, 0.15) is 5.82 Å². The number of nitrogens with one attached hydrogen (secondary N) is 1. The molecule has 0 bridgehead atoms. The number of hydrogen-bond acceptors (Lipinski definition) is 1. The first-order chi connectivity index (χ1) is 12.3. The average Bonchev–Trinajstić information content (AvgIpc) is 3.03. The number of likely N-dealkylation sites (N-methyl/N-ethyl adjacent to an activating group) is 1. The highest BCUT2D eigenvalue weighted by atomic mass is 19.4. The van der Waals surface area contributed by atoms with Crippen LogP contribution in [0.15, 0.2) is 54.7 Å². The van der Waals surface area contributed by atoms with Crippen LogP contribution in [0.25, 0.3) is 17.0 Å². The fourth-order valence-electron chi connectivity index (χ4n) is 2.87. The molecule has 6 heteroatoms. The zero-order valence-electron chi connectivity index (χ0n) is 14.1. The van der Waals surface area contributed by atoms with E-state index >= 15 is 0 Å². The van der Waals surface area contributed by atoms with E-state index in [-0.39, 0.29) is 0 Å².